The highest BCUT2D eigenvalue weighted by Gasteiger charge is 2.53. The van der Waals surface area contributed by atoms with Gasteiger partial charge in [-0.05, 0) is 103 Å². The molecule has 570 valence electrons. The van der Waals surface area contributed by atoms with Gasteiger partial charge in [-0.25, -0.2) is 0 Å². The minimum Gasteiger partial charge on any atom is -0.394 e. The summed E-state index contributed by atoms with van der Waals surface area (Å²) in [6, 6.07) is -0.912. The van der Waals surface area contributed by atoms with E-state index in [2.05, 4.69) is 165 Å². The first-order chi connectivity index (χ1) is 48.8. The summed E-state index contributed by atoms with van der Waals surface area (Å²) >= 11 is 0. The third kappa shape index (κ3) is 40.1. The minimum atomic E-state index is -1.98. The molecule has 0 aliphatic carbocycles. The lowest BCUT2D eigenvalue weighted by atomic mass is 9.96. The minimum absolute atomic E-state index is 0.227. The van der Waals surface area contributed by atoms with Gasteiger partial charge in [0.1, 0.15) is 73.2 Å². The van der Waals surface area contributed by atoms with Gasteiger partial charge in [-0.1, -0.05) is 262 Å². The summed E-state index contributed by atoms with van der Waals surface area (Å²) < 4.78 is 34.4. The Morgan fingerprint density at radius 3 is 1.08 bits per heavy atom. The van der Waals surface area contributed by atoms with Crippen LogP contribution in [-0.4, -0.2) is 193 Å². The number of hydrogen-bond donors (Lipinski definition) is 12. The number of ether oxygens (including phenoxy) is 6. The zero-order valence-corrected chi connectivity index (χ0v) is 60.6. The molecule has 0 aromatic rings. The van der Waals surface area contributed by atoms with Crippen LogP contribution in [0.4, 0.5) is 0 Å². The summed E-state index contributed by atoms with van der Waals surface area (Å²) in [5.41, 5.74) is 0. The maximum atomic E-state index is 13.4. The fraction of sp³-hybridized carbons (Fsp3) is 0.691. The second-order valence-corrected chi connectivity index (χ2v) is 26.4. The summed E-state index contributed by atoms with van der Waals surface area (Å²) in [5, 5.41) is 121. The Morgan fingerprint density at radius 1 is 0.370 bits per heavy atom. The van der Waals surface area contributed by atoms with Crippen molar-refractivity contribution in [1.82, 2.24) is 5.32 Å². The van der Waals surface area contributed by atoms with Crippen LogP contribution >= 0.6 is 0 Å². The predicted molar refractivity (Wildman–Crippen MR) is 396 cm³/mol. The molecule has 0 bridgehead atoms. The Morgan fingerprint density at radius 2 is 0.690 bits per heavy atom. The van der Waals surface area contributed by atoms with Crippen molar-refractivity contribution >= 4 is 5.91 Å². The molecule has 3 saturated heterocycles. The molecule has 3 aliphatic rings. The van der Waals surface area contributed by atoms with Crippen LogP contribution in [0.2, 0.25) is 0 Å². The molecular formula is C81H133NO18. The number of nitrogens with one attached hydrogen (secondary N) is 1. The molecule has 3 aliphatic heterocycles. The van der Waals surface area contributed by atoms with Gasteiger partial charge in [-0.3, -0.25) is 4.79 Å². The first-order valence-corrected chi connectivity index (χ1v) is 38.1. The molecule has 3 fully saturated rings. The number of carbonyl (C=O) groups is 1. The lowest BCUT2D eigenvalue weighted by molar-refractivity contribution is -0.379. The van der Waals surface area contributed by atoms with Crippen molar-refractivity contribution in [1.29, 1.82) is 0 Å². The van der Waals surface area contributed by atoms with E-state index < -0.39 is 124 Å². The van der Waals surface area contributed by atoms with E-state index in [1.165, 1.54) is 64.2 Å². The molecule has 3 heterocycles. The molecule has 0 aromatic heterocycles. The van der Waals surface area contributed by atoms with Crippen LogP contribution in [0.1, 0.15) is 226 Å². The molecule has 0 saturated carbocycles. The van der Waals surface area contributed by atoms with Gasteiger partial charge in [0.15, 0.2) is 18.9 Å². The normalized spacial score (nSPS) is 27.3. The van der Waals surface area contributed by atoms with Gasteiger partial charge in [0.25, 0.3) is 0 Å². The van der Waals surface area contributed by atoms with E-state index in [0.717, 1.165) is 122 Å². The van der Waals surface area contributed by atoms with Crippen molar-refractivity contribution < 1.29 is 89.4 Å². The average molecular weight is 1410 g/mol. The standard InChI is InChI=1S/C81H133NO18/c1-3-5-7-9-11-13-15-17-19-20-21-22-23-24-25-26-27-28-29-30-31-32-33-34-35-36-37-38-39-40-41-42-43-44-45-47-49-51-53-55-57-59-69(87)82-64(65(86)58-56-54-52-50-48-46-18-16-14-12-10-8-6-4-2)63-95-79-75(93)72(90)77(67(61-84)97-79)100-81-76(94)73(91)78(68(62-85)98-81)99-80-74(92)71(89)70(88)66(60-83)96-80/h5,7,11,13,17,19,21-22,24-25,27-28,30-31,33-34,36-37,39-40,42-43,45,47,64-68,70-81,83-86,88-94H,3-4,6,8-10,12,14-16,18,20,23,26,29,32,35,38,41,44,46,48-63H2,1-2H3,(H,82,87)/b7-5-,13-11-,19-17-,22-21-,25-24-,28-27-,31-30-,34-33-,37-36-,40-39-,43-42-,47-45-. The highest BCUT2D eigenvalue weighted by Crippen LogP contribution is 2.33. The Bertz CT molecular complexity index is 2380. The molecule has 12 N–H and O–H groups in total. The quantitative estimate of drug-likeness (QED) is 0.0199. The molecule has 0 radical (unpaired) electrons. The molecule has 3 rings (SSSR count). The van der Waals surface area contributed by atoms with E-state index in [-0.39, 0.29) is 18.9 Å². The first kappa shape index (κ1) is 89.9. The zero-order valence-electron chi connectivity index (χ0n) is 60.6. The number of amides is 1. The maximum absolute atomic E-state index is 13.4. The number of rotatable bonds is 57. The van der Waals surface area contributed by atoms with E-state index in [4.69, 9.17) is 28.4 Å². The lowest BCUT2D eigenvalue weighted by Gasteiger charge is -2.48. The lowest BCUT2D eigenvalue weighted by Crippen LogP contribution is -2.66. The van der Waals surface area contributed by atoms with Crippen LogP contribution in [0.25, 0.3) is 0 Å². The molecule has 100 heavy (non-hydrogen) atoms. The fourth-order valence-electron chi connectivity index (χ4n) is 11.8. The first-order valence-electron chi connectivity index (χ1n) is 38.1. The summed E-state index contributed by atoms with van der Waals surface area (Å²) in [7, 11) is 0. The smallest absolute Gasteiger partial charge is 0.220 e. The van der Waals surface area contributed by atoms with Crippen LogP contribution in [-0.2, 0) is 33.2 Å². The fourth-order valence-corrected chi connectivity index (χ4v) is 11.8. The number of aliphatic hydroxyl groups excluding tert-OH is 11. The van der Waals surface area contributed by atoms with Crippen LogP contribution < -0.4 is 5.32 Å². The van der Waals surface area contributed by atoms with Crippen molar-refractivity contribution in [2.45, 2.75) is 330 Å². The predicted octanol–water partition coefficient (Wildman–Crippen LogP) is 11.9. The molecule has 17 atom stereocenters. The largest absolute Gasteiger partial charge is 0.394 e. The van der Waals surface area contributed by atoms with Gasteiger partial charge in [-0.15, -0.1) is 0 Å². The third-order valence-electron chi connectivity index (χ3n) is 17.9. The van der Waals surface area contributed by atoms with Gasteiger partial charge in [-0.2, -0.15) is 0 Å². The molecular weight excluding hydrogens is 1270 g/mol. The van der Waals surface area contributed by atoms with E-state index in [9.17, 15) is 61.0 Å². The Hall–Kier alpha value is -4.33. The van der Waals surface area contributed by atoms with Crippen LogP contribution in [0.5, 0.6) is 0 Å². The van der Waals surface area contributed by atoms with Crippen LogP contribution in [0, 0.1) is 0 Å². The number of aliphatic hydroxyl groups is 11. The molecule has 17 unspecified atom stereocenters. The van der Waals surface area contributed by atoms with Gasteiger partial charge in [0.2, 0.25) is 5.91 Å². The molecule has 19 heteroatoms. The van der Waals surface area contributed by atoms with E-state index in [1.807, 2.05) is 0 Å². The van der Waals surface area contributed by atoms with Gasteiger partial charge in [0.05, 0.1) is 38.6 Å². The van der Waals surface area contributed by atoms with E-state index >= 15 is 0 Å². The van der Waals surface area contributed by atoms with Crippen LogP contribution in [0.15, 0.2) is 146 Å². The Balaban J connectivity index is 1.35. The Labute approximate surface area is 600 Å². The second-order valence-electron chi connectivity index (χ2n) is 26.4. The monoisotopic (exact) mass is 1410 g/mol. The number of allylic oxidation sites excluding steroid dienone is 24. The molecule has 19 nitrogen and oxygen atoms in total. The van der Waals surface area contributed by atoms with Crippen molar-refractivity contribution in [2.24, 2.45) is 0 Å². The summed E-state index contributed by atoms with van der Waals surface area (Å²) in [4.78, 5) is 13.4. The summed E-state index contributed by atoms with van der Waals surface area (Å²) in [5.74, 6) is -0.273. The van der Waals surface area contributed by atoms with E-state index in [1.54, 1.807) is 0 Å². The average Bonchev–Trinajstić information content (AvgIpc) is 0.783. The van der Waals surface area contributed by atoms with Crippen molar-refractivity contribution in [2.75, 3.05) is 26.4 Å². The second kappa shape index (κ2) is 60.0. The topological polar surface area (TPSA) is 307 Å². The number of unbranched alkanes of at least 4 members (excludes halogenated alkanes) is 17. The number of carbonyl (C=O) groups excluding carboxylic acids is 1. The maximum Gasteiger partial charge on any atom is 0.220 e. The van der Waals surface area contributed by atoms with Gasteiger partial charge in [0, 0.05) is 6.42 Å². The molecule has 0 aromatic carbocycles. The molecule has 0 spiro atoms. The summed E-state index contributed by atoms with van der Waals surface area (Å²) in [6.07, 6.45) is 59.3. The van der Waals surface area contributed by atoms with Gasteiger partial charge < -0.3 is 89.9 Å². The van der Waals surface area contributed by atoms with Crippen molar-refractivity contribution in [3.05, 3.63) is 146 Å². The number of hydrogen-bond acceptors (Lipinski definition) is 18. The van der Waals surface area contributed by atoms with E-state index in [0.29, 0.717) is 19.3 Å². The highest BCUT2D eigenvalue weighted by atomic mass is 16.8. The third-order valence-corrected chi connectivity index (χ3v) is 17.9. The zero-order chi connectivity index (χ0) is 72.5. The Kier molecular flexibility index (Phi) is 53.9. The molecule has 1 amide bonds. The van der Waals surface area contributed by atoms with Crippen molar-refractivity contribution in [3.63, 3.8) is 0 Å². The summed E-state index contributed by atoms with van der Waals surface area (Å²) in [6.45, 7) is 1.64. The van der Waals surface area contributed by atoms with Crippen molar-refractivity contribution in [3.8, 4) is 0 Å². The van der Waals surface area contributed by atoms with Crippen LogP contribution in [0.3, 0.4) is 0 Å². The SMILES string of the molecule is CC/C=C\C/C=C\C/C=C\C/C=C\C/C=C\C/C=C\C/C=C\C/C=C\C/C=C\C/C=C\C/C=C\C/C=C\CCCCCCC(=O)NC(COC1OC(CO)C(OC2OC(CO)C(OC3OC(CO)C(O)C(O)C3O)C(O)C2O)C(O)C1O)C(O)CCCCCCCCCCCCCCCC. The highest BCUT2D eigenvalue weighted by molar-refractivity contribution is 5.76. The van der Waals surface area contributed by atoms with Gasteiger partial charge >= 0.3 is 0 Å².